The molecule has 0 fully saturated rings. The molecule has 0 amide bonds. The number of ketones is 1. The Morgan fingerprint density at radius 3 is 2.48 bits per heavy atom. The van der Waals surface area contributed by atoms with Crippen molar-refractivity contribution in [1.29, 1.82) is 0 Å². The van der Waals surface area contributed by atoms with Gasteiger partial charge in [0.15, 0.2) is 17.5 Å². The quantitative estimate of drug-likeness (QED) is 0.399. The lowest BCUT2D eigenvalue weighted by Gasteiger charge is -2.07. The Kier molecular flexibility index (Phi) is 6.97. The minimum Gasteiger partial charge on any atom is -0.482 e. The van der Waals surface area contributed by atoms with Gasteiger partial charge in [0.1, 0.15) is 12.4 Å². The number of nitrogens with one attached hydrogen (secondary N) is 1. The second kappa shape index (κ2) is 9.84. The van der Waals surface area contributed by atoms with E-state index in [9.17, 15) is 9.59 Å². The van der Waals surface area contributed by atoms with Crippen LogP contribution in [0.2, 0.25) is 0 Å². The molecule has 0 aliphatic rings. The number of thiazole rings is 1. The topological polar surface area (TPSA) is 77.5 Å². The van der Waals surface area contributed by atoms with Crippen LogP contribution in [0.1, 0.15) is 35.0 Å². The number of hydrogen-bond donors (Lipinski definition) is 1. The van der Waals surface area contributed by atoms with E-state index in [0.717, 1.165) is 10.8 Å². The summed E-state index contributed by atoms with van der Waals surface area (Å²) < 4.78 is 10.6. The van der Waals surface area contributed by atoms with Gasteiger partial charge in [-0.25, -0.2) is 9.78 Å². The predicted octanol–water partition coefficient (Wildman–Crippen LogP) is 4.91. The molecular weight excluding hydrogens is 388 g/mol. The Balaban J connectivity index is 1.43. The Bertz CT molecular complexity index is 965. The van der Waals surface area contributed by atoms with Crippen molar-refractivity contribution in [3.05, 3.63) is 70.7 Å². The first-order chi connectivity index (χ1) is 14.0. The SMILES string of the molecule is CCC(=O)c1ccc(OCC(=O)OCc2csc(Nc3ccc(C)cc3)n2)cc1. The fourth-order valence-electron chi connectivity index (χ4n) is 2.47. The molecule has 150 valence electrons. The Morgan fingerprint density at radius 2 is 1.79 bits per heavy atom. The fraction of sp³-hybridized carbons (Fsp3) is 0.227. The van der Waals surface area contributed by atoms with Crippen LogP contribution in [-0.4, -0.2) is 23.3 Å². The van der Waals surface area contributed by atoms with Crippen molar-refractivity contribution in [2.45, 2.75) is 26.9 Å². The van der Waals surface area contributed by atoms with E-state index in [4.69, 9.17) is 9.47 Å². The van der Waals surface area contributed by atoms with Gasteiger partial charge in [-0.1, -0.05) is 24.6 Å². The first-order valence-corrected chi connectivity index (χ1v) is 10.1. The number of rotatable bonds is 9. The molecule has 7 heteroatoms. The zero-order valence-electron chi connectivity index (χ0n) is 16.3. The molecule has 2 aromatic carbocycles. The molecule has 6 nitrogen and oxygen atoms in total. The second-order valence-electron chi connectivity index (χ2n) is 6.39. The number of carbonyl (C=O) groups is 2. The molecule has 29 heavy (non-hydrogen) atoms. The van der Waals surface area contributed by atoms with Gasteiger partial charge in [0.2, 0.25) is 0 Å². The van der Waals surface area contributed by atoms with E-state index in [2.05, 4.69) is 10.3 Å². The number of anilines is 2. The summed E-state index contributed by atoms with van der Waals surface area (Å²) in [7, 11) is 0. The minimum atomic E-state index is -0.486. The van der Waals surface area contributed by atoms with Gasteiger partial charge in [0.25, 0.3) is 0 Å². The Labute approximate surface area is 173 Å². The van der Waals surface area contributed by atoms with Gasteiger partial charge in [0, 0.05) is 23.1 Å². The highest BCUT2D eigenvalue weighted by Gasteiger charge is 2.09. The monoisotopic (exact) mass is 410 g/mol. The van der Waals surface area contributed by atoms with Crippen LogP contribution in [0.4, 0.5) is 10.8 Å². The third-order valence-electron chi connectivity index (χ3n) is 4.09. The molecule has 0 aliphatic carbocycles. The molecule has 0 radical (unpaired) electrons. The number of benzene rings is 2. The summed E-state index contributed by atoms with van der Waals surface area (Å²) in [4.78, 5) is 27.9. The fourth-order valence-corrected chi connectivity index (χ4v) is 3.19. The van der Waals surface area contributed by atoms with Crippen LogP contribution < -0.4 is 10.1 Å². The lowest BCUT2D eigenvalue weighted by Crippen LogP contribution is -2.15. The van der Waals surface area contributed by atoms with Crippen LogP contribution in [0.3, 0.4) is 0 Å². The van der Waals surface area contributed by atoms with Gasteiger partial charge in [-0.3, -0.25) is 4.79 Å². The molecule has 0 saturated carbocycles. The van der Waals surface area contributed by atoms with E-state index < -0.39 is 5.97 Å². The summed E-state index contributed by atoms with van der Waals surface area (Å²) in [6, 6.07) is 14.7. The molecule has 0 bridgehead atoms. The van der Waals surface area contributed by atoms with Crippen molar-refractivity contribution in [1.82, 2.24) is 4.98 Å². The van der Waals surface area contributed by atoms with E-state index in [0.29, 0.717) is 23.4 Å². The number of hydrogen-bond acceptors (Lipinski definition) is 7. The zero-order valence-corrected chi connectivity index (χ0v) is 17.1. The smallest absolute Gasteiger partial charge is 0.344 e. The minimum absolute atomic E-state index is 0.0652. The van der Waals surface area contributed by atoms with Gasteiger partial charge in [-0.05, 0) is 43.3 Å². The van der Waals surface area contributed by atoms with Crippen molar-refractivity contribution in [2.24, 2.45) is 0 Å². The molecular formula is C22H22N2O4S. The maximum atomic E-state index is 11.9. The van der Waals surface area contributed by atoms with Gasteiger partial charge in [-0.2, -0.15) is 0 Å². The van der Waals surface area contributed by atoms with Crippen LogP contribution in [0, 0.1) is 6.92 Å². The lowest BCUT2D eigenvalue weighted by atomic mass is 10.1. The van der Waals surface area contributed by atoms with E-state index in [1.54, 1.807) is 24.3 Å². The highest BCUT2D eigenvalue weighted by Crippen LogP contribution is 2.21. The molecule has 1 aromatic heterocycles. The molecule has 0 aliphatic heterocycles. The van der Waals surface area contributed by atoms with E-state index in [1.165, 1.54) is 16.9 Å². The van der Waals surface area contributed by atoms with Crippen molar-refractivity contribution >= 4 is 33.9 Å². The van der Waals surface area contributed by atoms with Gasteiger partial charge in [0.05, 0.1) is 5.69 Å². The number of aryl methyl sites for hydroxylation is 1. The van der Waals surface area contributed by atoms with Crippen LogP contribution in [0.25, 0.3) is 0 Å². The lowest BCUT2D eigenvalue weighted by molar-refractivity contribution is -0.147. The first kappa shape index (κ1) is 20.5. The van der Waals surface area contributed by atoms with Crippen LogP contribution >= 0.6 is 11.3 Å². The summed E-state index contributed by atoms with van der Waals surface area (Å²) >= 11 is 1.44. The van der Waals surface area contributed by atoms with Gasteiger partial charge in [-0.15, -0.1) is 11.3 Å². The molecule has 0 unspecified atom stereocenters. The number of carbonyl (C=O) groups excluding carboxylic acids is 2. The second-order valence-corrected chi connectivity index (χ2v) is 7.24. The predicted molar refractivity (Wildman–Crippen MR) is 113 cm³/mol. The number of Topliss-reactive ketones (excluding diaryl/α,β-unsaturated/α-hetero) is 1. The maximum absolute atomic E-state index is 11.9. The molecule has 0 spiro atoms. The van der Waals surface area contributed by atoms with Crippen LogP contribution in [0.5, 0.6) is 5.75 Å². The molecule has 1 N–H and O–H groups in total. The van der Waals surface area contributed by atoms with Crippen LogP contribution in [-0.2, 0) is 16.1 Å². The molecule has 3 aromatic rings. The molecule has 3 rings (SSSR count). The zero-order chi connectivity index (χ0) is 20.6. The number of ether oxygens (including phenoxy) is 2. The average Bonchev–Trinajstić information content (AvgIpc) is 3.19. The number of aromatic nitrogens is 1. The van der Waals surface area contributed by atoms with Gasteiger partial charge >= 0.3 is 5.97 Å². The Hall–Kier alpha value is -3.19. The third kappa shape index (κ3) is 6.15. The summed E-state index contributed by atoms with van der Waals surface area (Å²) in [5.74, 6) is 0.0862. The summed E-state index contributed by atoms with van der Waals surface area (Å²) in [6.45, 7) is 3.72. The van der Waals surface area contributed by atoms with Crippen molar-refractivity contribution in [3.8, 4) is 5.75 Å². The maximum Gasteiger partial charge on any atom is 0.344 e. The molecule has 1 heterocycles. The van der Waals surface area contributed by atoms with E-state index in [1.807, 2.05) is 43.5 Å². The number of esters is 1. The first-order valence-electron chi connectivity index (χ1n) is 9.23. The average molecular weight is 410 g/mol. The highest BCUT2D eigenvalue weighted by molar-refractivity contribution is 7.13. The molecule has 0 saturated heterocycles. The normalized spacial score (nSPS) is 10.4. The van der Waals surface area contributed by atoms with Crippen molar-refractivity contribution in [2.75, 3.05) is 11.9 Å². The van der Waals surface area contributed by atoms with Crippen molar-refractivity contribution in [3.63, 3.8) is 0 Å². The number of nitrogens with zero attached hydrogens (tertiary/aromatic N) is 1. The Morgan fingerprint density at radius 1 is 1.07 bits per heavy atom. The van der Waals surface area contributed by atoms with E-state index in [-0.39, 0.29) is 19.0 Å². The third-order valence-corrected chi connectivity index (χ3v) is 4.90. The van der Waals surface area contributed by atoms with Crippen molar-refractivity contribution < 1.29 is 19.1 Å². The largest absolute Gasteiger partial charge is 0.482 e. The highest BCUT2D eigenvalue weighted by atomic mass is 32.1. The molecule has 0 atom stereocenters. The van der Waals surface area contributed by atoms with Crippen LogP contribution in [0.15, 0.2) is 53.9 Å². The summed E-state index contributed by atoms with van der Waals surface area (Å²) in [5.41, 5.74) is 3.44. The van der Waals surface area contributed by atoms with E-state index >= 15 is 0 Å². The summed E-state index contributed by atoms with van der Waals surface area (Å²) in [6.07, 6.45) is 0.450. The standard InChI is InChI=1S/C22H22N2O4S/c1-3-20(25)16-6-10-19(11-7-16)27-13-21(26)28-12-18-14-29-22(24-18)23-17-8-4-15(2)5-9-17/h4-11,14H,3,12-13H2,1-2H3,(H,23,24). The van der Waals surface area contributed by atoms with Gasteiger partial charge < -0.3 is 14.8 Å². The summed E-state index contributed by atoms with van der Waals surface area (Å²) in [5, 5.41) is 5.80.